The molecule has 1 aromatic carbocycles. The number of allylic oxidation sites excluding steroid dienone is 3. The molecular weight excluding hydrogens is 178 g/mol. The molecule has 0 bridgehead atoms. The lowest BCUT2D eigenvalue weighted by molar-refractivity contribution is -0.384. The summed E-state index contributed by atoms with van der Waals surface area (Å²) in [7, 11) is 0. The highest BCUT2D eigenvalue weighted by molar-refractivity contribution is 5.73. The summed E-state index contributed by atoms with van der Waals surface area (Å²) in [4.78, 5) is 9.98. The zero-order chi connectivity index (χ0) is 10.6. The van der Waals surface area contributed by atoms with Crippen LogP contribution in [0.15, 0.2) is 43.0 Å². The Morgan fingerprint density at radius 2 is 2.00 bits per heavy atom. The van der Waals surface area contributed by atoms with Crippen LogP contribution in [0.5, 0.6) is 0 Å². The van der Waals surface area contributed by atoms with Gasteiger partial charge in [-0.1, -0.05) is 18.7 Å². The molecule has 0 heterocycles. The van der Waals surface area contributed by atoms with Gasteiger partial charge in [-0.05, 0) is 30.2 Å². The molecule has 14 heavy (non-hydrogen) atoms. The van der Waals surface area contributed by atoms with Crippen molar-refractivity contribution >= 4 is 11.3 Å². The molecule has 0 N–H and O–H groups in total. The van der Waals surface area contributed by atoms with Gasteiger partial charge < -0.3 is 0 Å². The maximum atomic E-state index is 10.4. The van der Waals surface area contributed by atoms with Crippen LogP contribution in [0.1, 0.15) is 12.5 Å². The molecule has 1 rings (SSSR count). The second kappa shape index (κ2) is 4.37. The Hall–Kier alpha value is -1.90. The maximum absolute atomic E-state index is 10.4. The molecule has 3 heteroatoms. The average Bonchev–Trinajstić information content (AvgIpc) is 2.20. The summed E-state index contributed by atoms with van der Waals surface area (Å²) in [6.07, 6.45) is 3.63. The molecule has 0 spiro atoms. The van der Waals surface area contributed by atoms with E-state index >= 15 is 0 Å². The van der Waals surface area contributed by atoms with Crippen LogP contribution in [0, 0.1) is 10.1 Å². The summed E-state index contributed by atoms with van der Waals surface area (Å²) in [5.74, 6) is 0. The minimum absolute atomic E-state index is 0.105. The van der Waals surface area contributed by atoms with Gasteiger partial charge in [0.25, 0.3) is 5.69 Å². The molecule has 0 radical (unpaired) electrons. The van der Waals surface area contributed by atoms with Crippen molar-refractivity contribution in [3.05, 3.63) is 58.7 Å². The molecule has 0 fully saturated rings. The first kappa shape index (κ1) is 10.2. The van der Waals surface area contributed by atoms with Gasteiger partial charge in [-0.3, -0.25) is 10.1 Å². The third kappa shape index (κ3) is 2.07. The molecule has 72 valence electrons. The van der Waals surface area contributed by atoms with Crippen LogP contribution < -0.4 is 0 Å². The Labute approximate surface area is 82.5 Å². The summed E-state index contributed by atoms with van der Waals surface area (Å²) in [5, 5.41) is 10.4. The lowest BCUT2D eigenvalue weighted by Crippen LogP contribution is -1.88. The molecule has 0 aliphatic rings. The fourth-order valence-corrected chi connectivity index (χ4v) is 1.18. The maximum Gasteiger partial charge on any atom is 0.269 e. The fraction of sp³-hybridized carbons (Fsp3) is 0.0909. The molecule has 0 aliphatic carbocycles. The summed E-state index contributed by atoms with van der Waals surface area (Å²) < 4.78 is 0. The summed E-state index contributed by atoms with van der Waals surface area (Å²) in [5.41, 5.74) is 2.02. The van der Waals surface area contributed by atoms with Gasteiger partial charge in [-0.2, -0.15) is 0 Å². The van der Waals surface area contributed by atoms with Crippen LogP contribution in [0.3, 0.4) is 0 Å². The normalized spacial score (nSPS) is 11.1. The number of hydrogen-bond donors (Lipinski definition) is 0. The van der Waals surface area contributed by atoms with E-state index in [0.717, 1.165) is 11.1 Å². The number of nitro groups is 1. The zero-order valence-electron chi connectivity index (χ0n) is 7.93. The van der Waals surface area contributed by atoms with Gasteiger partial charge >= 0.3 is 0 Å². The molecule has 1 aromatic rings. The Morgan fingerprint density at radius 1 is 1.43 bits per heavy atom. The van der Waals surface area contributed by atoms with Crippen LogP contribution in [0.2, 0.25) is 0 Å². The van der Waals surface area contributed by atoms with Crippen molar-refractivity contribution in [2.24, 2.45) is 0 Å². The van der Waals surface area contributed by atoms with Crippen molar-refractivity contribution in [3.63, 3.8) is 0 Å². The van der Waals surface area contributed by atoms with Gasteiger partial charge in [0.05, 0.1) is 4.92 Å². The van der Waals surface area contributed by atoms with Crippen molar-refractivity contribution in [3.8, 4) is 0 Å². The zero-order valence-corrected chi connectivity index (χ0v) is 7.93. The van der Waals surface area contributed by atoms with Gasteiger partial charge in [-0.15, -0.1) is 0 Å². The van der Waals surface area contributed by atoms with Crippen molar-refractivity contribution in [1.82, 2.24) is 0 Å². The van der Waals surface area contributed by atoms with Gasteiger partial charge in [0.1, 0.15) is 0 Å². The smallest absolute Gasteiger partial charge is 0.258 e. The van der Waals surface area contributed by atoms with E-state index in [1.54, 1.807) is 18.2 Å². The average molecular weight is 189 g/mol. The lowest BCUT2D eigenvalue weighted by Gasteiger charge is -2.00. The predicted octanol–water partition coefficient (Wildman–Crippen LogP) is 3.18. The van der Waals surface area contributed by atoms with Crippen molar-refractivity contribution < 1.29 is 4.92 Å². The van der Waals surface area contributed by atoms with Crippen LogP contribution in [-0.2, 0) is 0 Å². The molecule has 0 aliphatic heterocycles. The van der Waals surface area contributed by atoms with Crippen LogP contribution in [-0.4, -0.2) is 4.92 Å². The standard InChI is InChI=1S/C11H11NO2/c1-3-9(4-2)10-5-7-11(8-6-10)12(13)14/h3-8H,1H2,2H3/b9-4+. The Balaban J connectivity index is 3.05. The SMILES string of the molecule is C=C/C(=C\C)c1ccc([N+](=O)[O-])cc1. The number of non-ortho nitro benzene ring substituents is 1. The van der Waals surface area contributed by atoms with E-state index in [2.05, 4.69) is 6.58 Å². The molecule has 3 nitrogen and oxygen atoms in total. The van der Waals surface area contributed by atoms with Crippen LogP contribution in [0.4, 0.5) is 5.69 Å². The van der Waals surface area contributed by atoms with E-state index in [-0.39, 0.29) is 5.69 Å². The highest BCUT2D eigenvalue weighted by Crippen LogP contribution is 2.18. The van der Waals surface area contributed by atoms with Gasteiger partial charge in [0, 0.05) is 12.1 Å². The van der Waals surface area contributed by atoms with Gasteiger partial charge in [0.15, 0.2) is 0 Å². The summed E-state index contributed by atoms with van der Waals surface area (Å²) in [6.45, 7) is 5.56. The second-order valence-corrected chi connectivity index (χ2v) is 2.75. The van der Waals surface area contributed by atoms with Gasteiger partial charge in [-0.25, -0.2) is 0 Å². The third-order valence-electron chi connectivity index (χ3n) is 1.94. The van der Waals surface area contributed by atoms with Crippen molar-refractivity contribution in [1.29, 1.82) is 0 Å². The highest BCUT2D eigenvalue weighted by atomic mass is 16.6. The first-order chi connectivity index (χ1) is 6.69. The molecule has 0 amide bonds. The first-order valence-corrected chi connectivity index (χ1v) is 4.22. The van der Waals surface area contributed by atoms with Crippen LogP contribution >= 0.6 is 0 Å². The van der Waals surface area contributed by atoms with E-state index in [1.165, 1.54) is 12.1 Å². The van der Waals surface area contributed by atoms with Gasteiger partial charge in [0.2, 0.25) is 0 Å². The minimum atomic E-state index is -0.410. The third-order valence-corrected chi connectivity index (χ3v) is 1.94. The van der Waals surface area contributed by atoms with E-state index in [4.69, 9.17) is 0 Å². The quantitative estimate of drug-likeness (QED) is 0.416. The van der Waals surface area contributed by atoms with E-state index in [9.17, 15) is 10.1 Å². The minimum Gasteiger partial charge on any atom is -0.258 e. The Kier molecular flexibility index (Phi) is 3.18. The lowest BCUT2D eigenvalue weighted by atomic mass is 10.1. The molecule has 0 unspecified atom stereocenters. The largest absolute Gasteiger partial charge is 0.269 e. The molecule has 0 saturated carbocycles. The number of nitrogens with zero attached hydrogens (tertiary/aromatic N) is 1. The number of nitro benzene ring substituents is 1. The first-order valence-electron chi connectivity index (χ1n) is 4.22. The van der Waals surface area contributed by atoms with Crippen molar-refractivity contribution in [2.75, 3.05) is 0 Å². The van der Waals surface area contributed by atoms with Crippen LogP contribution in [0.25, 0.3) is 5.57 Å². The Bertz CT molecular complexity index is 377. The summed E-state index contributed by atoms with van der Waals surface area (Å²) in [6, 6.07) is 6.41. The van der Waals surface area contributed by atoms with E-state index < -0.39 is 4.92 Å². The molecule has 0 atom stereocenters. The second-order valence-electron chi connectivity index (χ2n) is 2.75. The Morgan fingerprint density at radius 3 is 2.36 bits per heavy atom. The molecule has 0 aromatic heterocycles. The fourth-order valence-electron chi connectivity index (χ4n) is 1.18. The monoisotopic (exact) mass is 189 g/mol. The van der Waals surface area contributed by atoms with Crippen molar-refractivity contribution in [2.45, 2.75) is 6.92 Å². The predicted molar refractivity (Wildman–Crippen MR) is 56.9 cm³/mol. The number of hydrogen-bond acceptors (Lipinski definition) is 2. The highest BCUT2D eigenvalue weighted by Gasteiger charge is 2.04. The topological polar surface area (TPSA) is 43.1 Å². The van der Waals surface area contributed by atoms with E-state index in [0.29, 0.717) is 0 Å². The molecule has 0 saturated heterocycles. The number of benzene rings is 1. The summed E-state index contributed by atoms with van der Waals surface area (Å²) >= 11 is 0. The van der Waals surface area contributed by atoms with E-state index in [1.807, 2.05) is 13.0 Å². The number of rotatable bonds is 3. The molecular formula is C11H11NO2.